The number of carbonyl (C=O) groups is 1. The summed E-state index contributed by atoms with van der Waals surface area (Å²) < 4.78 is 10.9. The first-order valence-corrected chi connectivity index (χ1v) is 9.00. The second-order valence-electron chi connectivity index (χ2n) is 6.64. The van der Waals surface area contributed by atoms with Gasteiger partial charge in [0.1, 0.15) is 5.75 Å². The van der Waals surface area contributed by atoms with Gasteiger partial charge in [0.15, 0.2) is 0 Å². The maximum Gasteiger partial charge on any atom is 0.223 e. The Morgan fingerprint density at radius 3 is 2.92 bits per heavy atom. The van der Waals surface area contributed by atoms with Crippen LogP contribution in [0.15, 0.2) is 24.3 Å². The van der Waals surface area contributed by atoms with Gasteiger partial charge in [0.2, 0.25) is 5.91 Å². The quantitative estimate of drug-likeness (QED) is 0.899. The summed E-state index contributed by atoms with van der Waals surface area (Å²) in [5.41, 5.74) is 1.09. The fourth-order valence-electron chi connectivity index (χ4n) is 3.73. The van der Waals surface area contributed by atoms with E-state index in [4.69, 9.17) is 9.47 Å². The van der Waals surface area contributed by atoms with Crippen LogP contribution in [0.3, 0.4) is 0 Å². The Balaban J connectivity index is 1.66. The SMILES string of the molecule is COc1ccccc1C1CNCCN1C(=O)CCC1CCOCC1. The summed E-state index contributed by atoms with van der Waals surface area (Å²) in [6.07, 6.45) is 3.79. The highest BCUT2D eigenvalue weighted by Crippen LogP contribution is 2.31. The molecule has 2 heterocycles. The lowest BCUT2D eigenvalue weighted by molar-refractivity contribution is -0.135. The molecular weight excluding hydrogens is 304 g/mol. The van der Waals surface area contributed by atoms with E-state index >= 15 is 0 Å². The minimum absolute atomic E-state index is 0.0529. The first kappa shape index (κ1) is 17.2. The van der Waals surface area contributed by atoms with Crippen LogP contribution in [-0.4, -0.2) is 50.8 Å². The van der Waals surface area contributed by atoms with Crippen LogP contribution in [0.2, 0.25) is 0 Å². The summed E-state index contributed by atoms with van der Waals surface area (Å²) in [7, 11) is 1.69. The molecule has 0 radical (unpaired) electrons. The minimum atomic E-state index is 0.0529. The van der Waals surface area contributed by atoms with Crippen LogP contribution in [0.25, 0.3) is 0 Å². The molecule has 1 N–H and O–H groups in total. The number of nitrogens with zero attached hydrogens (tertiary/aromatic N) is 1. The molecule has 5 nitrogen and oxygen atoms in total. The predicted molar refractivity (Wildman–Crippen MR) is 93.1 cm³/mol. The van der Waals surface area contributed by atoms with Crippen molar-refractivity contribution in [3.8, 4) is 5.75 Å². The van der Waals surface area contributed by atoms with Crippen molar-refractivity contribution in [1.82, 2.24) is 10.2 Å². The topological polar surface area (TPSA) is 50.8 Å². The Morgan fingerprint density at radius 1 is 1.33 bits per heavy atom. The maximum absolute atomic E-state index is 12.9. The Bertz CT molecular complexity index is 543. The molecule has 2 saturated heterocycles. The molecule has 24 heavy (non-hydrogen) atoms. The smallest absolute Gasteiger partial charge is 0.223 e. The highest BCUT2D eigenvalue weighted by molar-refractivity contribution is 5.77. The Kier molecular flexibility index (Phi) is 6.10. The van der Waals surface area contributed by atoms with Crippen molar-refractivity contribution >= 4 is 5.91 Å². The van der Waals surface area contributed by atoms with Crippen LogP contribution < -0.4 is 10.1 Å². The second kappa shape index (κ2) is 8.49. The number of rotatable bonds is 5. The molecule has 2 aliphatic rings. The summed E-state index contributed by atoms with van der Waals surface area (Å²) in [4.78, 5) is 14.9. The van der Waals surface area contributed by atoms with Gasteiger partial charge in [0.25, 0.3) is 0 Å². The second-order valence-corrected chi connectivity index (χ2v) is 6.64. The zero-order chi connectivity index (χ0) is 16.8. The minimum Gasteiger partial charge on any atom is -0.496 e. The van der Waals surface area contributed by atoms with Gasteiger partial charge in [0.05, 0.1) is 13.2 Å². The number of para-hydroxylation sites is 1. The van der Waals surface area contributed by atoms with Crippen LogP contribution in [-0.2, 0) is 9.53 Å². The van der Waals surface area contributed by atoms with Crippen molar-refractivity contribution in [2.45, 2.75) is 31.7 Å². The lowest BCUT2D eigenvalue weighted by Gasteiger charge is -2.37. The number of ether oxygens (including phenoxy) is 2. The number of carbonyl (C=O) groups excluding carboxylic acids is 1. The number of nitrogens with one attached hydrogen (secondary N) is 1. The third-order valence-electron chi connectivity index (χ3n) is 5.17. The molecule has 1 atom stereocenters. The summed E-state index contributed by atoms with van der Waals surface area (Å²) in [5, 5.41) is 3.41. The largest absolute Gasteiger partial charge is 0.496 e. The van der Waals surface area contributed by atoms with E-state index in [9.17, 15) is 4.79 Å². The number of amides is 1. The Hall–Kier alpha value is -1.59. The summed E-state index contributed by atoms with van der Waals surface area (Å²) >= 11 is 0. The highest BCUT2D eigenvalue weighted by atomic mass is 16.5. The molecule has 1 aromatic rings. The Labute approximate surface area is 144 Å². The molecule has 3 rings (SSSR count). The predicted octanol–water partition coefficient (Wildman–Crippen LogP) is 2.37. The summed E-state index contributed by atoms with van der Waals surface area (Å²) in [6, 6.07) is 8.06. The fourth-order valence-corrected chi connectivity index (χ4v) is 3.73. The van der Waals surface area contributed by atoms with E-state index in [1.165, 1.54) is 0 Å². The molecule has 2 fully saturated rings. The molecule has 5 heteroatoms. The average molecular weight is 332 g/mol. The first-order chi connectivity index (χ1) is 11.8. The molecule has 0 bridgehead atoms. The molecule has 1 aromatic carbocycles. The molecule has 0 aliphatic carbocycles. The van der Waals surface area contributed by atoms with E-state index < -0.39 is 0 Å². The maximum atomic E-state index is 12.9. The normalized spacial score (nSPS) is 22.4. The first-order valence-electron chi connectivity index (χ1n) is 9.00. The van der Waals surface area contributed by atoms with Crippen molar-refractivity contribution in [3.05, 3.63) is 29.8 Å². The van der Waals surface area contributed by atoms with Crippen molar-refractivity contribution in [2.75, 3.05) is 40.0 Å². The van der Waals surface area contributed by atoms with E-state index in [-0.39, 0.29) is 11.9 Å². The van der Waals surface area contributed by atoms with Gasteiger partial charge in [-0.2, -0.15) is 0 Å². The van der Waals surface area contributed by atoms with Gasteiger partial charge in [-0.1, -0.05) is 18.2 Å². The van der Waals surface area contributed by atoms with E-state index in [0.29, 0.717) is 12.3 Å². The zero-order valence-corrected chi connectivity index (χ0v) is 14.5. The van der Waals surface area contributed by atoms with Crippen molar-refractivity contribution in [2.24, 2.45) is 5.92 Å². The van der Waals surface area contributed by atoms with E-state index in [1.807, 2.05) is 23.1 Å². The third-order valence-corrected chi connectivity index (χ3v) is 5.17. The van der Waals surface area contributed by atoms with Crippen LogP contribution in [0.5, 0.6) is 5.75 Å². The van der Waals surface area contributed by atoms with Gasteiger partial charge in [-0.05, 0) is 31.2 Å². The molecule has 0 spiro atoms. The van der Waals surface area contributed by atoms with Crippen LogP contribution >= 0.6 is 0 Å². The van der Waals surface area contributed by atoms with Gasteiger partial charge < -0.3 is 19.7 Å². The third kappa shape index (κ3) is 4.08. The number of hydrogen-bond donors (Lipinski definition) is 1. The van der Waals surface area contributed by atoms with Crippen molar-refractivity contribution in [1.29, 1.82) is 0 Å². The van der Waals surface area contributed by atoms with Crippen LogP contribution in [0.1, 0.15) is 37.3 Å². The van der Waals surface area contributed by atoms with E-state index in [0.717, 1.165) is 63.4 Å². The molecular formula is C19H28N2O3. The summed E-state index contributed by atoms with van der Waals surface area (Å²) in [6.45, 7) is 4.08. The van der Waals surface area contributed by atoms with Gasteiger partial charge >= 0.3 is 0 Å². The molecule has 0 aromatic heterocycles. The molecule has 0 saturated carbocycles. The molecule has 1 amide bonds. The lowest BCUT2D eigenvalue weighted by atomic mass is 9.94. The molecule has 2 aliphatic heterocycles. The number of methoxy groups -OCH3 is 1. The van der Waals surface area contributed by atoms with Crippen molar-refractivity contribution in [3.63, 3.8) is 0 Å². The Morgan fingerprint density at radius 2 is 2.12 bits per heavy atom. The zero-order valence-electron chi connectivity index (χ0n) is 14.5. The summed E-state index contributed by atoms with van der Waals surface area (Å²) in [5.74, 6) is 1.75. The number of hydrogen-bond acceptors (Lipinski definition) is 4. The monoisotopic (exact) mass is 332 g/mol. The van der Waals surface area contributed by atoms with E-state index in [1.54, 1.807) is 7.11 Å². The van der Waals surface area contributed by atoms with Gasteiger partial charge in [0, 0.05) is 44.8 Å². The average Bonchev–Trinajstić information content (AvgIpc) is 2.67. The van der Waals surface area contributed by atoms with Crippen molar-refractivity contribution < 1.29 is 14.3 Å². The fraction of sp³-hybridized carbons (Fsp3) is 0.632. The van der Waals surface area contributed by atoms with Crippen LogP contribution in [0, 0.1) is 5.92 Å². The lowest BCUT2D eigenvalue weighted by Crippen LogP contribution is -2.48. The van der Waals surface area contributed by atoms with Gasteiger partial charge in [-0.25, -0.2) is 0 Å². The molecule has 1 unspecified atom stereocenters. The van der Waals surface area contributed by atoms with Crippen LogP contribution in [0.4, 0.5) is 0 Å². The van der Waals surface area contributed by atoms with Gasteiger partial charge in [-0.3, -0.25) is 4.79 Å². The standard InChI is InChI=1S/C19H28N2O3/c1-23-18-5-3-2-4-16(18)17-14-20-10-11-21(17)19(22)7-6-15-8-12-24-13-9-15/h2-5,15,17,20H,6-14H2,1H3. The van der Waals surface area contributed by atoms with E-state index in [2.05, 4.69) is 11.4 Å². The highest BCUT2D eigenvalue weighted by Gasteiger charge is 2.30. The number of benzene rings is 1. The number of piperazine rings is 1. The molecule has 132 valence electrons. The van der Waals surface area contributed by atoms with Gasteiger partial charge in [-0.15, -0.1) is 0 Å².